The van der Waals surface area contributed by atoms with Crippen LogP contribution < -0.4 is 5.56 Å². The van der Waals surface area contributed by atoms with Crippen molar-refractivity contribution in [3.8, 4) is 11.5 Å². The molecule has 0 aliphatic carbocycles. The zero-order chi connectivity index (χ0) is 15.6. The molecule has 2 aromatic heterocycles. The van der Waals surface area contributed by atoms with Crippen LogP contribution in [0.25, 0.3) is 11.5 Å². The molecule has 1 N–H and O–H groups in total. The first-order valence-electron chi connectivity index (χ1n) is 6.63. The third-order valence-electron chi connectivity index (χ3n) is 3.13. The van der Waals surface area contributed by atoms with E-state index in [9.17, 15) is 4.79 Å². The maximum absolute atomic E-state index is 12.7. The van der Waals surface area contributed by atoms with Gasteiger partial charge in [-0.1, -0.05) is 20.8 Å². The molecule has 0 saturated carbocycles. The molecule has 0 aliphatic heterocycles. The van der Waals surface area contributed by atoms with Crippen LogP contribution in [0.1, 0.15) is 26.5 Å². The first kappa shape index (κ1) is 15.7. The number of nitrogens with zero attached hydrogens (tertiary/aromatic N) is 2. The fourth-order valence-electron chi connectivity index (χ4n) is 2.15. The molecule has 0 atom stereocenters. The van der Waals surface area contributed by atoms with E-state index in [1.165, 1.54) is 0 Å². The van der Waals surface area contributed by atoms with E-state index in [0.29, 0.717) is 18.7 Å². The maximum Gasteiger partial charge on any atom is 0.284 e. The van der Waals surface area contributed by atoms with Gasteiger partial charge in [0.05, 0.1) is 6.61 Å². The van der Waals surface area contributed by atoms with Crippen molar-refractivity contribution in [2.45, 2.75) is 32.7 Å². The zero-order valence-corrected chi connectivity index (χ0v) is 13.4. The van der Waals surface area contributed by atoms with E-state index in [4.69, 9.17) is 21.4 Å². The van der Waals surface area contributed by atoms with Crippen LogP contribution >= 0.6 is 12.2 Å². The molecule has 0 saturated heterocycles. The average Bonchev–Trinajstić information content (AvgIpc) is 2.82. The second-order valence-corrected chi connectivity index (χ2v) is 6.12. The van der Waals surface area contributed by atoms with Gasteiger partial charge in [0.2, 0.25) is 0 Å². The lowest BCUT2D eigenvalue weighted by Crippen LogP contribution is -2.31. The molecule has 6 nitrogen and oxygen atoms in total. The van der Waals surface area contributed by atoms with Gasteiger partial charge in [-0.25, -0.2) is 5.10 Å². The van der Waals surface area contributed by atoms with Crippen molar-refractivity contribution < 1.29 is 9.15 Å². The molecule has 0 fully saturated rings. The van der Waals surface area contributed by atoms with Gasteiger partial charge in [-0.3, -0.25) is 4.79 Å². The Labute approximate surface area is 127 Å². The van der Waals surface area contributed by atoms with Gasteiger partial charge in [0.25, 0.3) is 16.3 Å². The molecule has 2 heterocycles. The molecular formula is C14H19N3O3S. The lowest BCUT2D eigenvalue weighted by Gasteiger charge is -2.24. The summed E-state index contributed by atoms with van der Waals surface area (Å²) in [5.74, 6) is 0.205. The Balaban J connectivity index is 2.61. The highest BCUT2D eigenvalue weighted by Gasteiger charge is 2.21. The van der Waals surface area contributed by atoms with E-state index < -0.39 is 0 Å². The highest BCUT2D eigenvalue weighted by atomic mass is 32.1. The Kier molecular flexibility index (Phi) is 4.43. The first-order chi connectivity index (χ1) is 9.84. The topological polar surface area (TPSA) is 73.1 Å². The number of pyridine rings is 1. The van der Waals surface area contributed by atoms with Gasteiger partial charge in [-0.15, -0.1) is 5.10 Å². The van der Waals surface area contributed by atoms with Crippen molar-refractivity contribution in [1.82, 2.24) is 14.8 Å². The number of methoxy groups -OCH3 is 1. The van der Waals surface area contributed by atoms with E-state index in [1.54, 1.807) is 17.7 Å². The van der Waals surface area contributed by atoms with Gasteiger partial charge >= 0.3 is 0 Å². The quantitative estimate of drug-likeness (QED) is 0.879. The number of aromatic nitrogens is 3. The fourth-order valence-corrected chi connectivity index (χ4v) is 2.27. The van der Waals surface area contributed by atoms with Gasteiger partial charge in [0.15, 0.2) is 0 Å². The largest absolute Gasteiger partial charge is 0.409 e. The van der Waals surface area contributed by atoms with E-state index in [-0.39, 0.29) is 21.7 Å². The van der Waals surface area contributed by atoms with E-state index in [2.05, 4.69) is 31.0 Å². The van der Waals surface area contributed by atoms with E-state index in [1.807, 2.05) is 6.07 Å². The zero-order valence-electron chi connectivity index (χ0n) is 12.6. The number of hydrogen-bond acceptors (Lipinski definition) is 5. The van der Waals surface area contributed by atoms with Gasteiger partial charge in [-0.2, -0.15) is 0 Å². The van der Waals surface area contributed by atoms with Crippen molar-refractivity contribution in [2.75, 3.05) is 13.7 Å². The number of hydrogen-bond donors (Lipinski definition) is 1. The van der Waals surface area contributed by atoms with Crippen LogP contribution in [0.5, 0.6) is 0 Å². The van der Waals surface area contributed by atoms with Crippen LogP contribution in [0.2, 0.25) is 0 Å². The van der Waals surface area contributed by atoms with Crippen LogP contribution in [0.3, 0.4) is 0 Å². The molecule has 21 heavy (non-hydrogen) atoms. The third kappa shape index (κ3) is 3.30. The number of nitrogens with one attached hydrogen (secondary N) is 1. The van der Waals surface area contributed by atoms with E-state index >= 15 is 0 Å². The Bertz CT molecular complexity index is 737. The predicted molar refractivity (Wildman–Crippen MR) is 82.0 cm³/mol. The Hall–Kier alpha value is -1.73. The minimum absolute atomic E-state index is 0.146. The van der Waals surface area contributed by atoms with Crippen LogP contribution in [0.4, 0.5) is 0 Å². The molecular weight excluding hydrogens is 290 g/mol. The van der Waals surface area contributed by atoms with Crippen molar-refractivity contribution in [2.24, 2.45) is 0 Å². The van der Waals surface area contributed by atoms with Gasteiger partial charge in [0, 0.05) is 24.8 Å². The molecule has 0 spiro atoms. The molecule has 0 aromatic carbocycles. The Morgan fingerprint density at radius 1 is 1.43 bits per heavy atom. The summed E-state index contributed by atoms with van der Waals surface area (Å²) in [6, 6.07) is 3.64. The van der Waals surface area contributed by atoms with Crippen molar-refractivity contribution in [3.05, 3.63) is 33.0 Å². The fraction of sp³-hybridized carbons (Fsp3) is 0.500. The molecule has 0 radical (unpaired) electrons. The third-order valence-corrected chi connectivity index (χ3v) is 3.30. The SMILES string of the molecule is COCCn1c(C(C)(C)C)ccc(-c2n[nH]c(=S)o2)c1=O. The number of ether oxygens (including phenoxy) is 1. The summed E-state index contributed by atoms with van der Waals surface area (Å²) < 4.78 is 12.0. The second-order valence-electron chi connectivity index (χ2n) is 5.75. The highest BCUT2D eigenvalue weighted by molar-refractivity contribution is 7.71. The van der Waals surface area contributed by atoms with Crippen LogP contribution in [-0.2, 0) is 16.7 Å². The highest BCUT2D eigenvalue weighted by Crippen LogP contribution is 2.23. The molecule has 114 valence electrons. The number of aromatic amines is 1. The lowest BCUT2D eigenvalue weighted by atomic mass is 9.90. The summed E-state index contributed by atoms with van der Waals surface area (Å²) in [7, 11) is 1.61. The molecule has 7 heteroatoms. The Morgan fingerprint density at radius 3 is 2.67 bits per heavy atom. The Morgan fingerprint density at radius 2 is 2.14 bits per heavy atom. The molecule has 0 bridgehead atoms. The summed E-state index contributed by atoms with van der Waals surface area (Å²) in [6.45, 7) is 7.11. The predicted octanol–water partition coefficient (Wildman–Crippen LogP) is 2.50. The lowest BCUT2D eigenvalue weighted by molar-refractivity contribution is 0.184. The van der Waals surface area contributed by atoms with Crippen molar-refractivity contribution in [3.63, 3.8) is 0 Å². The van der Waals surface area contributed by atoms with Gasteiger partial charge in [-0.05, 0) is 24.4 Å². The van der Waals surface area contributed by atoms with Crippen LogP contribution in [-0.4, -0.2) is 28.5 Å². The van der Waals surface area contributed by atoms with Gasteiger partial charge in [0.1, 0.15) is 5.56 Å². The monoisotopic (exact) mass is 309 g/mol. The summed E-state index contributed by atoms with van der Waals surface area (Å²) in [5.41, 5.74) is 0.996. The van der Waals surface area contributed by atoms with E-state index in [0.717, 1.165) is 5.69 Å². The minimum atomic E-state index is -0.162. The second kappa shape index (κ2) is 5.95. The van der Waals surface area contributed by atoms with Crippen molar-refractivity contribution in [1.29, 1.82) is 0 Å². The van der Waals surface area contributed by atoms with Crippen LogP contribution in [0, 0.1) is 4.84 Å². The maximum atomic E-state index is 12.7. The molecule has 0 amide bonds. The molecule has 0 aliphatic rings. The summed E-state index contributed by atoms with van der Waals surface area (Å²) >= 11 is 4.85. The number of H-pyrrole nitrogens is 1. The summed E-state index contributed by atoms with van der Waals surface area (Å²) in [6.07, 6.45) is 0. The number of rotatable bonds is 4. The van der Waals surface area contributed by atoms with Gasteiger partial charge < -0.3 is 13.7 Å². The first-order valence-corrected chi connectivity index (χ1v) is 7.04. The smallest absolute Gasteiger partial charge is 0.284 e. The molecule has 2 rings (SSSR count). The molecule has 0 unspecified atom stereocenters. The molecule has 2 aromatic rings. The minimum Gasteiger partial charge on any atom is -0.409 e. The van der Waals surface area contributed by atoms with Crippen molar-refractivity contribution >= 4 is 12.2 Å². The normalized spacial score (nSPS) is 11.8. The summed E-state index contributed by atoms with van der Waals surface area (Å²) in [5, 5.41) is 6.45. The van der Waals surface area contributed by atoms with Crippen LogP contribution in [0.15, 0.2) is 21.3 Å². The standard InChI is InChI=1S/C14H19N3O3S/c1-14(2,3)10-6-5-9(11-15-16-13(21)20-11)12(18)17(10)7-8-19-4/h5-6H,7-8H2,1-4H3,(H,16,21). The average molecular weight is 309 g/mol. The summed E-state index contributed by atoms with van der Waals surface area (Å²) in [4.78, 5) is 12.9.